The number of ether oxygens (including phenoxy) is 1. The maximum absolute atomic E-state index is 12.6. The van der Waals surface area contributed by atoms with Gasteiger partial charge in [-0.2, -0.15) is 0 Å². The lowest BCUT2D eigenvalue weighted by atomic mass is 10.1. The molecule has 1 saturated heterocycles. The molecule has 0 unspecified atom stereocenters. The first-order chi connectivity index (χ1) is 13.0. The van der Waals surface area contributed by atoms with Gasteiger partial charge in [-0.25, -0.2) is 4.79 Å². The highest BCUT2D eigenvalue weighted by atomic mass is 79.9. The van der Waals surface area contributed by atoms with Gasteiger partial charge in [0, 0.05) is 0 Å². The monoisotopic (exact) mass is 428 g/mol. The van der Waals surface area contributed by atoms with Crippen LogP contribution in [0.1, 0.15) is 31.4 Å². The summed E-state index contributed by atoms with van der Waals surface area (Å²) >= 11 is 3.50. The molecule has 2 aromatic carbocycles. The molecule has 1 aliphatic heterocycles. The Morgan fingerprint density at radius 1 is 1.19 bits per heavy atom. The first-order valence-corrected chi connectivity index (χ1v) is 9.62. The van der Waals surface area contributed by atoms with Crippen LogP contribution in [-0.2, 0) is 11.3 Å². The molecule has 1 atom stereocenters. The van der Waals surface area contributed by atoms with Gasteiger partial charge in [0.05, 0.1) is 17.1 Å². The highest BCUT2D eigenvalue weighted by molar-refractivity contribution is 9.10. The Balaban J connectivity index is 1.76. The van der Waals surface area contributed by atoms with Gasteiger partial charge in [0.25, 0.3) is 5.91 Å². The van der Waals surface area contributed by atoms with E-state index in [9.17, 15) is 9.59 Å². The van der Waals surface area contributed by atoms with Gasteiger partial charge < -0.3 is 10.1 Å². The van der Waals surface area contributed by atoms with Crippen molar-refractivity contribution in [1.82, 2.24) is 10.2 Å². The lowest BCUT2D eigenvalue weighted by Gasteiger charge is -2.14. The first-order valence-electron chi connectivity index (χ1n) is 8.82. The third-order valence-electron chi connectivity index (χ3n) is 4.32. The molecule has 3 rings (SSSR count). The van der Waals surface area contributed by atoms with Crippen molar-refractivity contribution in [1.29, 1.82) is 0 Å². The number of hydrogen-bond acceptors (Lipinski definition) is 3. The van der Waals surface area contributed by atoms with Crippen LogP contribution in [0.2, 0.25) is 0 Å². The Bertz CT molecular complexity index is 880. The molecule has 1 N–H and O–H groups in total. The number of nitrogens with one attached hydrogen (secondary N) is 1. The van der Waals surface area contributed by atoms with Crippen molar-refractivity contribution in [2.75, 3.05) is 0 Å². The molecule has 1 aliphatic rings. The fourth-order valence-corrected chi connectivity index (χ4v) is 3.14. The highest BCUT2D eigenvalue weighted by Gasteiger charge is 2.33. The molecule has 0 aromatic heterocycles. The molecule has 1 heterocycles. The van der Waals surface area contributed by atoms with Crippen molar-refractivity contribution in [3.05, 3.63) is 69.8 Å². The van der Waals surface area contributed by atoms with Gasteiger partial charge in [-0.1, -0.05) is 43.3 Å². The van der Waals surface area contributed by atoms with Crippen LogP contribution in [0.5, 0.6) is 5.75 Å². The van der Waals surface area contributed by atoms with Crippen molar-refractivity contribution in [3.63, 3.8) is 0 Å². The van der Waals surface area contributed by atoms with Crippen molar-refractivity contribution in [3.8, 4) is 5.75 Å². The van der Waals surface area contributed by atoms with E-state index in [1.165, 1.54) is 4.90 Å². The molecule has 2 aromatic rings. The van der Waals surface area contributed by atoms with E-state index in [1.807, 2.05) is 55.5 Å². The third-order valence-corrected chi connectivity index (χ3v) is 4.94. The highest BCUT2D eigenvalue weighted by Crippen LogP contribution is 2.28. The van der Waals surface area contributed by atoms with Gasteiger partial charge in [0.15, 0.2) is 0 Å². The van der Waals surface area contributed by atoms with Crippen LogP contribution in [0.15, 0.2) is 58.7 Å². The number of halogens is 1. The van der Waals surface area contributed by atoms with Crippen LogP contribution < -0.4 is 10.1 Å². The number of benzene rings is 2. The summed E-state index contributed by atoms with van der Waals surface area (Å²) in [5.41, 5.74) is 1.96. The van der Waals surface area contributed by atoms with Crippen LogP contribution in [0.4, 0.5) is 4.79 Å². The summed E-state index contributed by atoms with van der Waals surface area (Å²) in [6.07, 6.45) is 2.70. The van der Waals surface area contributed by atoms with E-state index in [4.69, 9.17) is 4.74 Å². The van der Waals surface area contributed by atoms with E-state index in [0.717, 1.165) is 27.8 Å². The van der Waals surface area contributed by atoms with Gasteiger partial charge in [0.1, 0.15) is 11.4 Å². The zero-order chi connectivity index (χ0) is 19.4. The number of amides is 3. The summed E-state index contributed by atoms with van der Waals surface area (Å²) in [5.74, 6) is 0.416. The van der Waals surface area contributed by atoms with Crippen LogP contribution in [0, 0.1) is 0 Å². The normalized spacial score (nSPS) is 16.6. The van der Waals surface area contributed by atoms with E-state index in [0.29, 0.717) is 0 Å². The summed E-state index contributed by atoms with van der Waals surface area (Å²) in [6.45, 7) is 4.32. The molecule has 5 nitrogen and oxygen atoms in total. The Morgan fingerprint density at radius 3 is 2.59 bits per heavy atom. The number of hydrogen-bond donors (Lipinski definition) is 1. The van der Waals surface area contributed by atoms with Gasteiger partial charge in [-0.05, 0) is 58.6 Å². The number of carbonyl (C=O) groups is 2. The van der Waals surface area contributed by atoms with Crippen molar-refractivity contribution >= 4 is 33.9 Å². The Labute approximate surface area is 167 Å². The number of urea groups is 1. The molecule has 27 heavy (non-hydrogen) atoms. The summed E-state index contributed by atoms with van der Waals surface area (Å²) in [5, 5.41) is 2.65. The number of nitrogens with zero attached hydrogens (tertiary/aromatic N) is 1. The van der Waals surface area contributed by atoms with Crippen molar-refractivity contribution in [2.45, 2.75) is 32.9 Å². The minimum Gasteiger partial charge on any atom is -0.490 e. The predicted molar refractivity (Wildman–Crippen MR) is 108 cm³/mol. The topological polar surface area (TPSA) is 58.6 Å². The average molecular weight is 429 g/mol. The van der Waals surface area contributed by atoms with E-state index in [1.54, 1.807) is 6.08 Å². The Hall–Kier alpha value is -2.60. The lowest BCUT2D eigenvalue weighted by molar-refractivity contribution is -0.123. The van der Waals surface area contributed by atoms with Gasteiger partial charge in [-0.3, -0.25) is 9.69 Å². The molecule has 0 aliphatic carbocycles. The summed E-state index contributed by atoms with van der Waals surface area (Å²) in [7, 11) is 0. The van der Waals surface area contributed by atoms with Crippen LogP contribution in [0.25, 0.3) is 6.08 Å². The van der Waals surface area contributed by atoms with Gasteiger partial charge in [0.2, 0.25) is 0 Å². The molecule has 0 radical (unpaired) electrons. The SMILES string of the molecule is CC[C@@H](C)Oc1ccc(/C=C2/NC(=O)N(Cc3ccccc3)C2=O)cc1Br. The molecule has 6 heteroatoms. The van der Waals surface area contributed by atoms with Gasteiger partial charge in [-0.15, -0.1) is 0 Å². The Morgan fingerprint density at radius 2 is 1.93 bits per heavy atom. The van der Waals surface area contributed by atoms with Crippen LogP contribution >= 0.6 is 15.9 Å². The summed E-state index contributed by atoms with van der Waals surface area (Å²) < 4.78 is 6.63. The minimum atomic E-state index is -0.411. The number of imide groups is 1. The molecule has 3 amide bonds. The van der Waals surface area contributed by atoms with Crippen LogP contribution in [-0.4, -0.2) is 22.9 Å². The number of rotatable bonds is 6. The van der Waals surface area contributed by atoms with Crippen LogP contribution in [0.3, 0.4) is 0 Å². The first kappa shape index (κ1) is 19.2. The second-order valence-electron chi connectivity index (χ2n) is 6.39. The molecule has 140 valence electrons. The number of carbonyl (C=O) groups excluding carboxylic acids is 2. The molecule has 0 bridgehead atoms. The van der Waals surface area contributed by atoms with E-state index < -0.39 is 6.03 Å². The maximum Gasteiger partial charge on any atom is 0.329 e. The van der Waals surface area contributed by atoms with E-state index in [-0.39, 0.29) is 24.3 Å². The molecule has 0 spiro atoms. The third kappa shape index (κ3) is 4.57. The summed E-state index contributed by atoms with van der Waals surface area (Å²) in [4.78, 5) is 26.0. The standard InChI is InChI=1S/C21H21BrN2O3/c1-3-14(2)27-19-10-9-16(11-17(19)22)12-18-20(25)24(21(26)23-18)13-15-7-5-4-6-8-15/h4-12,14H,3,13H2,1-2H3,(H,23,26)/b18-12+/t14-/m1/s1. The second-order valence-corrected chi connectivity index (χ2v) is 7.25. The second kappa shape index (κ2) is 8.39. The fourth-order valence-electron chi connectivity index (χ4n) is 2.65. The molecular weight excluding hydrogens is 408 g/mol. The Kier molecular flexibility index (Phi) is 5.96. The van der Waals surface area contributed by atoms with Crippen molar-refractivity contribution < 1.29 is 14.3 Å². The molecule has 1 fully saturated rings. The average Bonchev–Trinajstić information content (AvgIpc) is 2.92. The fraction of sp³-hybridized carbons (Fsp3) is 0.238. The van der Waals surface area contributed by atoms with Crippen molar-refractivity contribution in [2.24, 2.45) is 0 Å². The largest absolute Gasteiger partial charge is 0.490 e. The van der Waals surface area contributed by atoms with Gasteiger partial charge >= 0.3 is 6.03 Å². The summed E-state index contributed by atoms with van der Waals surface area (Å²) in [6, 6.07) is 14.6. The molecular formula is C21H21BrN2O3. The maximum atomic E-state index is 12.6. The quantitative estimate of drug-likeness (QED) is 0.534. The zero-order valence-corrected chi connectivity index (χ0v) is 16.8. The minimum absolute atomic E-state index is 0.118. The molecule has 0 saturated carbocycles. The smallest absolute Gasteiger partial charge is 0.329 e. The zero-order valence-electron chi connectivity index (χ0n) is 15.2. The lowest BCUT2D eigenvalue weighted by Crippen LogP contribution is -2.30. The van der Waals surface area contributed by atoms with E-state index in [2.05, 4.69) is 28.2 Å². The predicted octanol–water partition coefficient (Wildman–Crippen LogP) is 4.72. The van der Waals surface area contributed by atoms with E-state index >= 15 is 0 Å².